The van der Waals surface area contributed by atoms with Crippen molar-refractivity contribution >= 4 is 22.4 Å². The topological polar surface area (TPSA) is 64.3 Å². The van der Waals surface area contributed by atoms with Gasteiger partial charge >= 0.3 is 0 Å². The smallest absolute Gasteiger partial charge is 0.147 e. The van der Waals surface area contributed by atoms with Crippen molar-refractivity contribution in [2.45, 2.75) is 13.8 Å². The third-order valence-corrected chi connectivity index (χ3v) is 3.95. The number of nitrogens with zero attached hydrogens (tertiary/aromatic N) is 3. The number of aromatic nitrogens is 2. The van der Waals surface area contributed by atoms with E-state index in [0.29, 0.717) is 12.4 Å². The van der Waals surface area contributed by atoms with Crippen LogP contribution in [0.5, 0.6) is 0 Å². The molecular weight excluding hydrogens is 272 g/mol. The molecule has 20 heavy (non-hydrogen) atoms. The summed E-state index contributed by atoms with van der Waals surface area (Å²) in [6.07, 6.45) is 3.58. The van der Waals surface area contributed by atoms with Crippen LogP contribution in [0, 0.1) is 0 Å². The van der Waals surface area contributed by atoms with E-state index < -0.39 is 0 Å². The SMILES string of the molecule is CCOCCN(CC)c1snc(N)c1-c1cccnc1. The Morgan fingerprint density at radius 2 is 2.25 bits per heavy atom. The highest BCUT2D eigenvalue weighted by atomic mass is 32.1. The summed E-state index contributed by atoms with van der Waals surface area (Å²) < 4.78 is 9.74. The van der Waals surface area contributed by atoms with Crippen LogP contribution < -0.4 is 10.6 Å². The van der Waals surface area contributed by atoms with Gasteiger partial charge in [-0.2, -0.15) is 4.37 Å². The molecule has 0 atom stereocenters. The van der Waals surface area contributed by atoms with Gasteiger partial charge in [-0.15, -0.1) is 0 Å². The number of ether oxygens (including phenoxy) is 1. The Morgan fingerprint density at radius 1 is 1.40 bits per heavy atom. The zero-order chi connectivity index (χ0) is 14.4. The number of nitrogens with two attached hydrogens (primary N) is 1. The van der Waals surface area contributed by atoms with E-state index >= 15 is 0 Å². The summed E-state index contributed by atoms with van der Waals surface area (Å²) in [6, 6.07) is 3.92. The molecule has 0 spiro atoms. The Bertz CT molecular complexity index is 529. The lowest BCUT2D eigenvalue weighted by Gasteiger charge is -2.22. The maximum Gasteiger partial charge on any atom is 0.147 e. The molecule has 0 fully saturated rings. The summed E-state index contributed by atoms with van der Waals surface area (Å²) in [7, 11) is 0. The van der Waals surface area contributed by atoms with E-state index in [2.05, 4.69) is 21.2 Å². The zero-order valence-electron chi connectivity index (χ0n) is 11.9. The van der Waals surface area contributed by atoms with Crippen LogP contribution in [0.4, 0.5) is 10.8 Å². The monoisotopic (exact) mass is 292 g/mol. The molecule has 0 aromatic carbocycles. The van der Waals surface area contributed by atoms with E-state index in [1.807, 2.05) is 25.3 Å². The molecular formula is C14H20N4OS. The molecule has 0 aliphatic rings. The number of likely N-dealkylation sites (N-methyl/N-ethyl adjacent to an activating group) is 1. The normalized spacial score (nSPS) is 10.7. The predicted molar refractivity (Wildman–Crippen MR) is 84.1 cm³/mol. The van der Waals surface area contributed by atoms with Crippen molar-refractivity contribution in [3.05, 3.63) is 24.5 Å². The third-order valence-electron chi connectivity index (χ3n) is 3.03. The average Bonchev–Trinajstić information content (AvgIpc) is 2.86. The fourth-order valence-electron chi connectivity index (χ4n) is 2.01. The zero-order valence-corrected chi connectivity index (χ0v) is 12.7. The summed E-state index contributed by atoms with van der Waals surface area (Å²) in [5.41, 5.74) is 8.01. The van der Waals surface area contributed by atoms with E-state index in [4.69, 9.17) is 10.5 Å². The second kappa shape index (κ2) is 7.21. The van der Waals surface area contributed by atoms with Crippen molar-refractivity contribution in [1.82, 2.24) is 9.36 Å². The Kier molecular flexibility index (Phi) is 5.31. The number of nitrogen functional groups attached to an aromatic ring is 1. The lowest BCUT2D eigenvalue weighted by molar-refractivity contribution is 0.154. The van der Waals surface area contributed by atoms with Crippen molar-refractivity contribution in [1.29, 1.82) is 0 Å². The fourth-order valence-corrected chi connectivity index (χ4v) is 2.94. The average molecular weight is 292 g/mol. The van der Waals surface area contributed by atoms with Crippen molar-refractivity contribution in [2.24, 2.45) is 0 Å². The maximum absolute atomic E-state index is 6.03. The van der Waals surface area contributed by atoms with E-state index in [1.54, 1.807) is 6.20 Å². The van der Waals surface area contributed by atoms with Gasteiger partial charge in [-0.25, -0.2) is 0 Å². The van der Waals surface area contributed by atoms with Gasteiger partial charge in [-0.1, -0.05) is 6.07 Å². The molecule has 2 heterocycles. The van der Waals surface area contributed by atoms with Crippen LogP contribution in [0.1, 0.15) is 13.8 Å². The first-order valence-electron chi connectivity index (χ1n) is 6.76. The van der Waals surface area contributed by atoms with Gasteiger partial charge in [0.15, 0.2) is 0 Å². The molecule has 0 radical (unpaired) electrons. The highest BCUT2D eigenvalue weighted by molar-refractivity contribution is 7.11. The largest absolute Gasteiger partial charge is 0.382 e. The summed E-state index contributed by atoms with van der Waals surface area (Å²) in [4.78, 5) is 6.40. The quantitative estimate of drug-likeness (QED) is 0.795. The highest BCUT2D eigenvalue weighted by Crippen LogP contribution is 2.38. The standard InChI is InChI=1S/C14H20N4OS/c1-3-18(8-9-19-4-2)14-12(13(15)17-20-14)11-6-5-7-16-10-11/h5-7,10H,3-4,8-9H2,1-2H3,(H2,15,17). The fraction of sp³-hybridized carbons (Fsp3) is 0.429. The minimum absolute atomic E-state index is 0.563. The van der Waals surface area contributed by atoms with Crippen LogP contribution in [-0.2, 0) is 4.74 Å². The number of anilines is 2. The number of rotatable bonds is 7. The van der Waals surface area contributed by atoms with E-state index in [-0.39, 0.29) is 0 Å². The molecule has 0 saturated carbocycles. The minimum atomic E-state index is 0.563. The molecule has 2 N–H and O–H groups in total. The molecule has 0 aliphatic heterocycles. The van der Waals surface area contributed by atoms with Crippen LogP contribution in [0.2, 0.25) is 0 Å². The van der Waals surface area contributed by atoms with Crippen LogP contribution in [0.25, 0.3) is 11.1 Å². The van der Waals surface area contributed by atoms with Crippen molar-refractivity contribution in [3.8, 4) is 11.1 Å². The van der Waals surface area contributed by atoms with Gasteiger partial charge in [0.1, 0.15) is 10.8 Å². The first-order chi connectivity index (χ1) is 9.77. The van der Waals surface area contributed by atoms with Crippen LogP contribution >= 0.6 is 11.5 Å². The van der Waals surface area contributed by atoms with Gasteiger partial charge in [0.25, 0.3) is 0 Å². The first-order valence-corrected chi connectivity index (χ1v) is 7.53. The Balaban J connectivity index is 2.27. The van der Waals surface area contributed by atoms with Crippen LogP contribution in [0.3, 0.4) is 0 Å². The molecule has 2 aromatic rings. The van der Waals surface area contributed by atoms with Gasteiger partial charge in [0.05, 0.1) is 12.2 Å². The Morgan fingerprint density at radius 3 is 2.90 bits per heavy atom. The van der Waals surface area contributed by atoms with Crippen molar-refractivity contribution < 1.29 is 4.74 Å². The van der Waals surface area contributed by atoms with Crippen molar-refractivity contribution in [2.75, 3.05) is 36.9 Å². The second-order valence-corrected chi connectivity index (χ2v) is 5.02. The second-order valence-electron chi connectivity index (χ2n) is 4.27. The minimum Gasteiger partial charge on any atom is -0.382 e. The first kappa shape index (κ1) is 14.7. The van der Waals surface area contributed by atoms with E-state index in [1.165, 1.54) is 11.5 Å². The molecule has 2 rings (SSSR count). The van der Waals surface area contributed by atoms with Gasteiger partial charge in [-0.05, 0) is 31.4 Å². The molecule has 5 nitrogen and oxygen atoms in total. The summed E-state index contributed by atoms with van der Waals surface area (Å²) in [5.74, 6) is 0.563. The third kappa shape index (κ3) is 3.26. The highest BCUT2D eigenvalue weighted by Gasteiger charge is 2.18. The Labute approximate surface area is 123 Å². The number of hydrogen-bond acceptors (Lipinski definition) is 6. The molecule has 6 heteroatoms. The van der Waals surface area contributed by atoms with E-state index in [9.17, 15) is 0 Å². The predicted octanol–water partition coefficient (Wildman–Crippen LogP) is 2.65. The molecule has 2 aromatic heterocycles. The van der Waals surface area contributed by atoms with Gasteiger partial charge in [0.2, 0.25) is 0 Å². The summed E-state index contributed by atoms with van der Waals surface area (Å²) in [5, 5.41) is 1.08. The molecule has 0 amide bonds. The van der Waals surface area contributed by atoms with Gasteiger partial charge in [-0.3, -0.25) is 4.98 Å². The summed E-state index contributed by atoms with van der Waals surface area (Å²) in [6.45, 7) is 7.28. The van der Waals surface area contributed by atoms with E-state index in [0.717, 1.165) is 35.8 Å². The lowest BCUT2D eigenvalue weighted by Crippen LogP contribution is -2.26. The van der Waals surface area contributed by atoms with Crippen LogP contribution in [-0.4, -0.2) is 35.7 Å². The maximum atomic E-state index is 6.03. The van der Waals surface area contributed by atoms with Gasteiger partial charge < -0.3 is 15.4 Å². The van der Waals surface area contributed by atoms with Crippen LogP contribution in [0.15, 0.2) is 24.5 Å². The molecule has 0 saturated heterocycles. The number of hydrogen-bond donors (Lipinski definition) is 1. The van der Waals surface area contributed by atoms with Crippen molar-refractivity contribution in [3.63, 3.8) is 0 Å². The molecule has 108 valence electrons. The molecule has 0 unspecified atom stereocenters. The molecule has 0 aliphatic carbocycles. The Hall–Kier alpha value is -1.66. The molecule has 0 bridgehead atoms. The lowest BCUT2D eigenvalue weighted by atomic mass is 10.1. The summed E-state index contributed by atoms with van der Waals surface area (Å²) >= 11 is 1.43. The van der Waals surface area contributed by atoms with Gasteiger partial charge in [0, 0.05) is 37.7 Å². The number of pyridine rings is 1.